The molecule has 1 aliphatic heterocycles. The highest BCUT2D eigenvalue weighted by Gasteiger charge is 2.38. The number of nitrogens with one attached hydrogen (secondary N) is 1. The maximum atomic E-state index is 12.9. The second-order valence-electron chi connectivity index (χ2n) is 5.74. The van der Waals surface area contributed by atoms with Gasteiger partial charge in [-0.1, -0.05) is 47.5 Å². The summed E-state index contributed by atoms with van der Waals surface area (Å²) < 4.78 is 27.1. The molecule has 132 valence electrons. The molecule has 5 nitrogen and oxygen atoms in total. The Morgan fingerprint density at radius 2 is 1.56 bits per heavy atom. The van der Waals surface area contributed by atoms with Crippen LogP contribution in [0, 0.1) is 0 Å². The Morgan fingerprint density at radius 3 is 2.16 bits per heavy atom. The number of halogens is 2. The molecule has 0 spiro atoms. The van der Waals surface area contributed by atoms with E-state index < -0.39 is 16.1 Å². The van der Waals surface area contributed by atoms with Crippen molar-refractivity contribution in [1.82, 2.24) is 9.62 Å². The molecule has 1 amide bonds. The van der Waals surface area contributed by atoms with E-state index in [1.165, 1.54) is 4.31 Å². The van der Waals surface area contributed by atoms with Crippen LogP contribution in [0.15, 0.2) is 48.5 Å². The molecule has 0 radical (unpaired) electrons. The molecule has 0 saturated carbocycles. The number of benzene rings is 2. The van der Waals surface area contributed by atoms with E-state index in [4.69, 9.17) is 23.2 Å². The van der Waals surface area contributed by atoms with Gasteiger partial charge in [-0.25, -0.2) is 8.42 Å². The minimum Gasteiger partial charge on any atom is -0.353 e. The Balaban J connectivity index is 1.92. The third-order valence-electron chi connectivity index (χ3n) is 3.97. The molecular formula is C17H16Cl2N2O3S. The maximum absolute atomic E-state index is 12.9. The summed E-state index contributed by atoms with van der Waals surface area (Å²) in [7, 11) is -3.69. The predicted octanol–water partition coefficient (Wildman–Crippen LogP) is 3.00. The van der Waals surface area contributed by atoms with Gasteiger partial charge in [0.05, 0.1) is 5.75 Å². The van der Waals surface area contributed by atoms with Crippen LogP contribution in [-0.4, -0.2) is 31.7 Å². The van der Waals surface area contributed by atoms with E-state index >= 15 is 0 Å². The summed E-state index contributed by atoms with van der Waals surface area (Å²) in [5, 5.41) is 3.79. The largest absolute Gasteiger partial charge is 0.353 e. The summed E-state index contributed by atoms with van der Waals surface area (Å²) >= 11 is 11.7. The highest BCUT2D eigenvalue weighted by atomic mass is 35.5. The molecule has 0 aromatic heterocycles. The number of carbonyl (C=O) groups excluding carboxylic acids is 1. The molecule has 1 atom stereocenters. The lowest BCUT2D eigenvalue weighted by Gasteiger charge is -2.34. The number of hydrogen-bond acceptors (Lipinski definition) is 3. The SMILES string of the molecule is O=C1NCCN(S(=O)(=O)Cc2ccc(Cl)cc2)C1c1ccc(Cl)cc1. The summed E-state index contributed by atoms with van der Waals surface area (Å²) in [4.78, 5) is 12.4. The fourth-order valence-corrected chi connectivity index (χ4v) is 4.72. The number of nitrogens with zero attached hydrogens (tertiary/aromatic N) is 1. The van der Waals surface area contributed by atoms with Gasteiger partial charge in [-0.15, -0.1) is 0 Å². The number of rotatable bonds is 4. The van der Waals surface area contributed by atoms with Gasteiger partial charge in [0.2, 0.25) is 15.9 Å². The van der Waals surface area contributed by atoms with Gasteiger partial charge in [-0.2, -0.15) is 4.31 Å². The van der Waals surface area contributed by atoms with Gasteiger partial charge in [-0.05, 0) is 35.4 Å². The zero-order valence-corrected chi connectivity index (χ0v) is 15.5. The highest BCUT2D eigenvalue weighted by Crippen LogP contribution is 2.28. The van der Waals surface area contributed by atoms with E-state index in [-0.39, 0.29) is 24.7 Å². The fourth-order valence-electron chi connectivity index (χ4n) is 2.78. The van der Waals surface area contributed by atoms with E-state index in [1.807, 2.05) is 0 Å². The van der Waals surface area contributed by atoms with E-state index in [1.54, 1.807) is 48.5 Å². The Kier molecular flexibility index (Phi) is 5.34. The van der Waals surface area contributed by atoms with Crippen LogP contribution in [0.2, 0.25) is 10.0 Å². The molecule has 1 fully saturated rings. The van der Waals surface area contributed by atoms with Gasteiger partial charge in [0, 0.05) is 23.1 Å². The van der Waals surface area contributed by atoms with E-state index in [9.17, 15) is 13.2 Å². The number of piperazine rings is 1. The van der Waals surface area contributed by atoms with Gasteiger partial charge in [0.1, 0.15) is 6.04 Å². The first-order chi connectivity index (χ1) is 11.9. The normalized spacial score (nSPS) is 18.8. The van der Waals surface area contributed by atoms with Crippen molar-refractivity contribution in [1.29, 1.82) is 0 Å². The average molecular weight is 399 g/mol. The number of carbonyl (C=O) groups is 1. The van der Waals surface area contributed by atoms with Crippen molar-refractivity contribution in [3.05, 3.63) is 69.7 Å². The van der Waals surface area contributed by atoms with Crippen molar-refractivity contribution in [2.75, 3.05) is 13.1 Å². The minimum atomic E-state index is -3.69. The van der Waals surface area contributed by atoms with Crippen LogP contribution in [-0.2, 0) is 20.6 Å². The smallest absolute Gasteiger partial charge is 0.243 e. The van der Waals surface area contributed by atoms with Crippen LogP contribution < -0.4 is 5.32 Å². The Labute approximate surface area is 156 Å². The first-order valence-corrected chi connectivity index (χ1v) is 10.0. The quantitative estimate of drug-likeness (QED) is 0.860. The van der Waals surface area contributed by atoms with Crippen molar-refractivity contribution < 1.29 is 13.2 Å². The third-order valence-corrected chi connectivity index (χ3v) is 6.28. The third kappa shape index (κ3) is 4.15. The Morgan fingerprint density at radius 1 is 1.00 bits per heavy atom. The molecule has 1 heterocycles. The molecule has 1 N–H and O–H groups in total. The van der Waals surface area contributed by atoms with E-state index in [0.717, 1.165) is 0 Å². The Bertz CT molecular complexity index is 868. The van der Waals surface area contributed by atoms with Crippen molar-refractivity contribution >= 4 is 39.1 Å². The fraction of sp³-hybridized carbons (Fsp3) is 0.235. The molecule has 1 saturated heterocycles. The Hall–Kier alpha value is -1.60. The summed E-state index contributed by atoms with van der Waals surface area (Å²) in [6, 6.07) is 12.3. The number of hydrogen-bond donors (Lipinski definition) is 1. The van der Waals surface area contributed by atoms with E-state index in [0.29, 0.717) is 21.2 Å². The second kappa shape index (κ2) is 7.33. The molecule has 2 aromatic rings. The zero-order chi connectivity index (χ0) is 18.0. The van der Waals surface area contributed by atoms with Crippen molar-refractivity contribution in [2.45, 2.75) is 11.8 Å². The van der Waals surface area contributed by atoms with Gasteiger partial charge in [0.15, 0.2) is 0 Å². The molecule has 25 heavy (non-hydrogen) atoms. The average Bonchev–Trinajstić information content (AvgIpc) is 2.57. The molecule has 0 aliphatic carbocycles. The second-order valence-corrected chi connectivity index (χ2v) is 8.53. The topological polar surface area (TPSA) is 66.5 Å². The predicted molar refractivity (Wildman–Crippen MR) is 98.0 cm³/mol. The molecule has 2 aromatic carbocycles. The summed E-state index contributed by atoms with van der Waals surface area (Å²) in [5.74, 6) is -0.532. The molecule has 1 aliphatic rings. The molecule has 3 rings (SSSR count). The van der Waals surface area contributed by atoms with Crippen molar-refractivity contribution in [3.63, 3.8) is 0 Å². The number of sulfonamides is 1. The van der Waals surface area contributed by atoms with Crippen LogP contribution in [0.5, 0.6) is 0 Å². The van der Waals surface area contributed by atoms with Crippen LogP contribution >= 0.6 is 23.2 Å². The monoisotopic (exact) mass is 398 g/mol. The van der Waals surface area contributed by atoms with Gasteiger partial charge in [0.25, 0.3) is 0 Å². The van der Waals surface area contributed by atoms with Gasteiger partial charge >= 0.3 is 0 Å². The lowest BCUT2D eigenvalue weighted by Crippen LogP contribution is -2.52. The van der Waals surface area contributed by atoms with Gasteiger partial charge < -0.3 is 5.32 Å². The lowest BCUT2D eigenvalue weighted by atomic mass is 10.1. The van der Waals surface area contributed by atoms with E-state index in [2.05, 4.69) is 5.32 Å². The maximum Gasteiger partial charge on any atom is 0.243 e. The first-order valence-electron chi connectivity index (χ1n) is 7.64. The standard InChI is InChI=1S/C17H16Cl2N2O3S/c18-14-5-1-12(2-6-14)11-25(23,24)21-10-9-20-17(22)16(21)13-3-7-15(19)8-4-13/h1-8,16H,9-11H2,(H,20,22). The van der Waals surface area contributed by atoms with Crippen LogP contribution in [0.4, 0.5) is 0 Å². The first kappa shape index (κ1) is 18.2. The summed E-state index contributed by atoms with van der Waals surface area (Å²) in [6.07, 6.45) is 0. The van der Waals surface area contributed by atoms with Gasteiger partial charge in [-0.3, -0.25) is 4.79 Å². The summed E-state index contributed by atoms with van der Waals surface area (Å²) in [6.45, 7) is 0.498. The highest BCUT2D eigenvalue weighted by molar-refractivity contribution is 7.88. The molecule has 1 unspecified atom stereocenters. The lowest BCUT2D eigenvalue weighted by molar-refractivity contribution is -0.126. The van der Waals surface area contributed by atoms with Crippen LogP contribution in [0.1, 0.15) is 17.2 Å². The minimum absolute atomic E-state index is 0.193. The molecular weight excluding hydrogens is 383 g/mol. The van der Waals surface area contributed by atoms with Crippen molar-refractivity contribution in [3.8, 4) is 0 Å². The zero-order valence-electron chi connectivity index (χ0n) is 13.2. The van der Waals surface area contributed by atoms with Crippen molar-refractivity contribution in [2.24, 2.45) is 0 Å². The molecule has 8 heteroatoms. The molecule has 0 bridgehead atoms. The van der Waals surface area contributed by atoms with Crippen LogP contribution in [0.25, 0.3) is 0 Å². The number of amides is 1. The van der Waals surface area contributed by atoms with Crippen LogP contribution in [0.3, 0.4) is 0 Å². The summed E-state index contributed by atoms with van der Waals surface area (Å²) in [5.41, 5.74) is 1.20.